The van der Waals surface area contributed by atoms with Gasteiger partial charge < -0.3 is 35.4 Å². The van der Waals surface area contributed by atoms with Gasteiger partial charge in [-0.3, -0.25) is 4.79 Å². The number of carbonyl (C=O) groups is 1. The van der Waals surface area contributed by atoms with Crippen LogP contribution >= 0.6 is 11.8 Å². The van der Waals surface area contributed by atoms with Crippen molar-refractivity contribution in [3.05, 3.63) is 12.2 Å². The minimum absolute atomic E-state index is 0.132. The van der Waals surface area contributed by atoms with Crippen LogP contribution in [0.2, 0.25) is 0 Å². The first kappa shape index (κ1) is 27.4. The second-order valence-electron chi connectivity index (χ2n) is 11.3. The van der Waals surface area contributed by atoms with Gasteiger partial charge in [0.25, 0.3) is 0 Å². The molecule has 4 rings (SSSR count). The molecular weight excluding hydrogens is 468 g/mol. The first-order valence-corrected chi connectivity index (χ1v) is 14.4. The summed E-state index contributed by atoms with van der Waals surface area (Å²) in [7, 11) is 0. The molecule has 3 saturated heterocycles. The summed E-state index contributed by atoms with van der Waals surface area (Å²) in [6.07, 6.45) is 4.41. The van der Waals surface area contributed by atoms with E-state index in [2.05, 4.69) is 30.6 Å². The van der Waals surface area contributed by atoms with Crippen molar-refractivity contribution in [3.8, 4) is 0 Å². The fraction of sp³-hybridized carbons (Fsp3) is 0.885. The number of amides is 1. The number of rotatable bonds is 4. The lowest BCUT2D eigenvalue weighted by Gasteiger charge is -2.44. The predicted octanol–water partition coefficient (Wildman–Crippen LogP) is 1.43. The summed E-state index contributed by atoms with van der Waals surface area (Å²) in [5.41, 5.74) is -0.653. The van der Waals surface area contributed by atoms with Crippen molar-refractivity contribution in [2.24, 2.45) is 23.7 Å². The number of fused-ring (bicyclic) bond motifs is 3. The van der Waals surface area contributed by atoms with Gasteiger partial charge in [-0.25, -0.2) is 0 Å². The Hall–Kier alpha value is -0.680. The van der Waals surface area contributed by atoms with E-state index in [9.17, 15) is 20.1 Å². The van der Waals surface area contributed by atoms with Gasteiger partial charge in [-0.1, -0.05) is 32.9 Å². The molecule has 0 saturated carbocycles. The van der Waals surface area contributed by atoms with Gasteiger partial charge in [0.15, 0.2) is 0 Å². The van der Waals surface area contributed by atoms with Gasteiger partial charge in [0.1, 0.15) is 35.9 Å². The van der Waals surface area contributed by atoms with Crippen LogP contribution in [0.3, 0.4) is 0 Å². The predicted molar refractivity (Wildman–Crippen MR) is 136 cm³/mol. The van der Waals surface area contributed by atoms with Crippen LogP contribution in [0.15, 0.2) is 12.2 Å². The third-order valence-electron chi connectivity index (χ3n) is 8.03. The summed E-state index contributed by atoms with van der Waals surface area (Å²) in [5, 5.41) is 38.4. The van der Waals surface area contributed by atoms with Crippen LogP contribution in [0.25, 0.3) is 0 Å². The Kier molecular flexibility index (Phi) is 9.57. The highest BCUT2D eigenvalue weighted by molar-refractivity contribution is 7.99. The Morgan fingerprint density at radius 3 is 2.77 bits per heavy atom. The number of hydrogen-bond donors (Lipinski definition) is 5. The number of hydrogen-bond acceptors (Lipinski definition) is 8. The maximum atomic E-state index is 13.6. The van der Waals surface area contributed by atoms with Gasteiger partial charge in [0, 0.05) is 13.2 Å². The molecule has 0 unspecified atom stereocenters. The Morgan fingerprint density at radius 2 is 2.00 bits per heavy atom. The highest BCUT2D eigenvalue weighted by atomic mass is 32.2. The number of carbonyl (C=O) groups excluding carboxylic acids is 1. The summed E-state index contributed by atoms with van der Waals surface area (Å²) >= 11 is 1.44. The fourth-order valence-corrected chi connectivity index (χ4v) is 7.31. The quantitative estimate of drug-likeness (QED) is 0.359. The van der Waals surface area contributed by atoms with E-state index in [1.54, 1.807) is 0 Å². The minimum atomic E-state index is -1.33. The van der Waals surface area contributed by atoms with Gasteiger partial charge >= 0.3 is 0 Å². The molecule has 11 atom stereocenters. The van der Waals surface area contributed by atoms with E-state index in [1.807, 2.05) is 13.0 Å². The molecule has 0 spiro atoms. The average Bonchev–Trinajstić information content (AvgIpc) is 3.09. The SMILES string of the molecule is CC(C)C[C@@H]1CCO[C@@H]2[C@H](CN[C@@H]2C(=O)N[C@H]2[C@H]3O[C@H](SCCC/C=C/[C@@H]2C)[C@H](O)[C@@H](O)[C@H]3O)C1. The van der Waals surface area contributed by atoms with Gasteiger partial charge in [0.05, 0.1) is 12.1 Å². The summed E-state index contributed by atoms with van der Waals surface area (Å²) in [5.74, 6) is 2.05. The highest BCUT2D eigenvalue weighted by Gasteiger charge is 2.49. The molecule has 0 radical (unpaired) electrons. The van der Waals surface area contributed by atoms with Crippen molar-refractivity contribution >= 4 is 17.7 Å². The maximum absolute atomic E-state index is 13.6. The van der Waals surface area contributed by atoms with Crippen LogP contribution in [-0.4, -0.2) is 88.2 Å². The lowest BCUT2D eigenvalue weighted by Crippen LogP contribution is -2.65. The summed E-state index contributed by atoms with van der Waals surface area (Å²) in [6.45, 7) is 7.91. The monoisotopic (exact) mass is 512 g/mol. The van der Waals surface area contributed by atoms with E-state index >= 15 is 0 Å². The highest BCUT2D eigenvalue weighted by Crippen LogP contribution is 2.35. The molecule has 0 aromatic heterocycles. The van der Waals surface area contributed by atoms with Crippen molar-refractivity contribution in [1.29, 1.82) is 0 Å². The van der Waals surface area contributed by atoms with E-state index in [0.29, 0.717) is 24.4 Å². The van der Waals surface area contributed by atoms with Crippen LogP contribution < -0.4 is 10.6 Å². The molecule has 1 amide bonds. The third-order valence-corrected chi connectivity index (χ3v) is 9.27. The molecule has 200 valence electrons. The second-order valence-corrected chi connectivity index (χ2v) is 12.5. The Balaban J connectivity index is 1.49. The lowest BCUT2D eigenvalue weighted by atomic mass is 9.85. The molecule has 0 aliphatic carbocycles. The number of aliphatic hydroxyl groups is 3. The van der Waals surface area contributed by atoms with Crippen molar-refractivity contribution in [1.82, 2.24) is 10.6 Å². The molecule has 9 heteroatoms. The summed E-state index contributed by atoms with van der Waals surface area (Å²) < 4.78 is 12.4. The van der Waals surface area contributed by atoms with Crippen molar-refractivity contribution in [2.45, 2.75) is 101 Å². The first-order valence-electron chi connectivity index (χ1n) is 13.4. The zero-order chi connectivity index (χ0) is 25.1. The smallest absolute Gasteiger partial charge is 0.240 e. The minimum Gasteiger partial charge on any atom is -0.388 e. The van der Waals surface area contributed by atoms with Crippen molar-refractivity contribution < 1.29 is 29.6 Å². The Labute approximate surface area is 213 Å². The van der Waals surface area contributed by atoms with E-state index in [0.717, 1.165) is 38.0 Å². The molecule has 4 aliphatic rings. The topological polar surface area (TPSA) is 120 Å². The average molecular weight is 513 g/mol. The number of ether oxygens (including phenoxy) is 2. The Morgan fingerprint density at radius 1 is 1.20 bits per heavy atom. The maximum Gasteiger partial charge on any atom is 0.240 e. The molecule has 4 aliphatic heterocycles. The molecule has 0 aromatic carbocycles. The number of aliphatic hydroxyl groups excluding tert-OH is 3. The molecule has 35 heavy (non-hydrogen) atoms. The van der Waals surface area contributed by atoms with E-state index in [-0.39, 0.29) is 17.9 Å². The molecule has 5 N–H and O–H groups in total. The first-order chi connectivity index (χ1) is 16.8. The van der Waals surface area contributed by atoms with E-state index in [4.69, 9.17) is 9.47 Å². The van der Waals surface area contributed by atoms with Crippen molar-refractivity contribution in [2.75, 3.05) is 18.9 Å². The largest absolute Gasteiger partial charge is 0.388 e. The van der Waals surface area contributed by atoms with Crippen LogP contribution in [0.4, 0.5) is 0 Å². The number of nitrogens with one attached hydrogen (secondary N) is 2. The van der Waals surface area contributed by atoms with E-state index < -0.39 is 41.9 Å². The lowest BCUT2D eigenvalue weighted by molar-refractivity contribution is -0.207. The number of thioether (sulfide) groups is 1. The zero-order valence-corrected chi connectivity index (χ0v) is 22.0. The molecule has 4 heterocycles. The Bertz CT molecular complexity index is 739. The zero-order valence-electron chi connectivity index (χ0n) is 21.2. The normalized spacial score (nSPS) is 45.7. The molecule has 8 nitrogen and oxygen atoms in total. The van der Waals surface area contributed by atoms with E-state index in [1.165, 1.54) is 18.2 Å². The fourth-order valence-electron chi connectivity index (χ4n) is 6.18. The molecular formula is C26H44N2O6S. The number of allylic oxidation sites excluding steroid dienone is 1. The van der Waals surface area contributed by atoms with Gasteiger partial charge in [-0.2, -0.15) is 0 Å². The molecule has 3 fully saturated rings. The van der Waals surface area contributed by atoms with Gasteiger partial charge in [0.2, 0.25) is 5.91 Å². The second kappa shape index (κ2) is 12.2. The van der Waals surface area contributed by atoms with Gasteiger partial charge in [-0.05, 0) is 61.5 Å². The molecule has 0 aromatic rings. The third kappa shape index (κ3) is 6.43. The molecule has 2 bridgehead atoms. The van der Waals surface area contributed by atoms with Crippen molar-refractivity contribution in [3.63, 3.8) is 0 Å². The summed E-state index contributed by atoms with van der Waals surface area (Å²) in [6, 6.07) is -1.02. The van der Waals surface area contributed by atoms with Crippen LogP contribution in [0.1, 0.15) is 52.9 Å². The van der Waals surface area contributed by atoms with Crippen LogP contribution in [0, 0.1) is 23.7 Å². The standard InChI is InChI=1S/C26H44N2O6S/c1-14(2)11-16-8-9-33-23-17(12-16)13-27-19(23)25(32)28-18-15(3)7-5-4-6-10-35-26-22(31)20(29)21(30)24(18)34-26/h5,7,14-24,26-27,29-31H,4,6,8-13H2,1-3H3,(H,28,32)/b7-5+/t15-,16-,17-,18+,19-,20-,21+,22+,23+,24+,26+/m0/s1. The van der Waals surface area contributed by atoms with Gasteiger partial charge in [-0.15, -0.1) is 11.8 Å². The summed E-state index contributed by atoms with van der Waals surface area (Å²) in [4.78, 5) is 13.6. The van der Waals surface area contributed by atoms with Crippen LogP contribution in [0.5, 0.6) is 0 Å². The van der Waals surface area contributed by atoms with Crippen LogP contribution in [-0.2, 0) is 14.3 Å².